The molecular weight excluding hydrogens is 290 g/mol. The topological polar surface area (TPSA) is 86.9 Å². The minimum absolute atomic E-state index is 0.185. The lowest BCUT2D eigenvalue weighted by Gasteiger charge is -2.02. The number of carbonyl (C=O) groups is 1. The van der Waals surface area contributed by atoms with E-state index in [0.717, 1.165) is 0 Å². The molecule has 0 spiro atoms. The van der Waals surface area contributed by atoms with Gasteiger partial charge in [0, 0.05) is 12.6 Å². The van der Waals surface area contributed by atoms with E-state index < -0.39 is 5.97 Å². The van der Waals surface area contributed by atoms with E-state index in [1.807, 2.05) is 0 Å². The maximum atomic E-state index is 11.2. The van der Waals surface area contributed by atoms with Crippen LogP contribution in [0.1, 0.15) is 16.1 Å². The molecular formula is C14H13N3O3S. The summed E-state index contributed by atoms with van der Waals surface area (Å²) in [5.41, 5.74) is 3.30. The molecule has 108 valence electrons. The zero-order valence-corrected chi connectivity index (χ0v) is 12.0. The molecule has 0 bridgehead atoms. The molecule has 0 saturated carbocycles. The van der Waals surface area contributed by atoms with Crippen LogP contribution in [0.5, 0.6) is 0 Å². The first-order valence-electron chi connectivity index (χ1n) is 6.05. The average Bonchev–Trinajstić information content (AvgIpc) is 2.95. The van der Waals surface area contributed by atoms with Crippen LogP contribution in [-0.2, 0) is 0 Å². The van der Waals surface area contributed by atoms with E-state index in [4.69, 9.17) is 21.7 Å². The molecule has 0 amide bonds. The molecule has 7 heteroatoms. The van der Waals surface area contributed by atoms with Crippen LogP contribution >= 0.6 is 12.2 Å². The number of furan rings is 1. The van der Waals surface area contributed by atoms with E-state index in [1.165, 1.54) is 12.3 Å². The zero-order chi connectivity index (χ0) is 15.2. The molecule has 0 aliphatic rings. The van der Waals surface area contributed by atoms with Crippen molar-refractivity contribution in [1.29, 1.82) is 0 Å². The van der Waals surface area contributed by atoms with Crippen LogP contribution in [0, 0.1) is 0 Å². The number of hydrogen-bond donors (Lipinski definition) is 3. The Morgan fingerprint density at radius 3 is 2.81 bits per heavy atom. The lowest BCUT2D eigenvalue weighted by molar-refractivity contribution is 0.0697. The zero-order valence-electron chi connectivity index (χ0n) is 11.2. The summed E-state index contributed by atoms with van der Waals surface area (Å²) in [5, 5.41) is 16.1. The van der Waals surface area contributed by atoms with Gasteiger partial charge in [0.15, 0.2) is 5.11 Å². The molecule has 0 atom stereocenters. The monoisotopic (exact) mass is 303 g/mol. The Labute approximate surface area is 126 Å². The minimum Gasteiger partial charge on any atom is -0.478 e. The summed E-state index contributed by atoms with van der Waals surface area (Å²) in [4.78, 5) is 11.2. The van der Waals surface area contributed by atoms with Crippen LogP contribution in [0.3, 0.4) is 0 Å². The van der Waals surface area contributed by atoms with Crippen molar-refractivity contribution in [2.75, 3.05) is 7.05 Å². The Morgan fingerprint density at radius 2 is 2.10 bits per heavy atom. The molecule has 2 rings (SSSR count). The first-order valence-corrected chi connectivity index (χ1v) is 6.46. The molecule has 0 unspecified atom stereocenters. The van der Waals surface area contributed by atoms with Gasteiger partial charge in [0.2, 0.25) is 0 Å². The van der Waals surface area contributed by atoms with Crippen LogP contribution in [-0.4, -0.2) is 29.5 Å². The van der Waals surface area contributed by atoms with Crippen molar-refractivity contribution in [3.05, 3.63) is 47.7 Å². The van der Waals surface area contributed by atoms with Gasteiger partial charge in [-0.3, -0.25) is 5.43 Å². The molecule has 0 fully saturated rings. The second-order valence-corrected chi connectivity index (χ2v) is 4.41. The van der Waals surface area contributed by atoms with Gasteiger partial charge in [-0.05, 0) is 30.4 Å². The molecule has 1 aromatic heterocycles. The fourth-order valence-electron chi connectivity index (χ4n) is 1.66. The molecule has 3 N–H and O–H groups in total. The molecule has 6 nitrogen and oxygen atoms in total. The van der Waals surface area contributed by atoms with E-state index in [2.05, 4.69) is 15.8 Å². The van der Waals surface area contributed by atoms with Gasteiger partial charge in [-0.1, -0.05) is 18.2 Å². The van der Waals surface area contributed by atoms with Crippen LogP contribution < -0.4 is 10.7 Å². The van der Waals surface area contributed by atoms with Crippen LogP contribution in [0.2, 0.25) is 0 Å². The van der Waals surface area contributed by atoms with Crippen molar-refractivity contribution < 1.29 is 14.3 Å². The van der Waals surface area contributed by atoms with Gasteiger partial charge in [-0.2, -0.15) is 5.10 Å². The maximum Gasteiger partial charge on any atom is 0.336 e. The van der Waals surface area contributed by atoms with E-state index >= 15 is 0 Å². The lowest BCUT2D eigenvalue weighted by atomic mass is 10.1. The Bertz CT molecular complexity index is 694. The number of nitrogens with one attached hydrogen (secondary N) is 2. The predicted octanol–water partition coefficient (Wildman–Crippen LogP) is 2.07. The standard InChI is InChI=1S/C14H13N3O3S/c1-15-14(21)17-16-8-9-6-7-12(20-9)10-4-2-3-5-11(10)13(18)19/h2-8H,1H3,(H,18,19)(H2,15,17,21)/b16-8+. The molecule has 2 aromatic rings. The number of benzene rings is 1. The highest BCUT2D eigenvalue weighted by molar-refractivity contribution is 7.80. The van der Waals surface area contributed by atoms with Crippen molar-refractivity contribution in [3.63, 3.8) is 0 Å². The minimum atomic E-state index is -1.00. The van der Waals surface area contributed by atoms with Crippen molar-refractivity contribution >= 4 is 29.5 Å². The highest BCUT2D eigenvalue weighted by Crippen LogP contribution is 2.25. The van der Waals surface area contributed by atoms with Crippen molar-refractivity contribution in [2.45, 2.75) is 0 Å². The summed E-state index contributed by atoms with van der Waals surface area (Å²) >= 11 is 4.87. The summed E-state index contributed by atoms with van der Waals surface area (Å²) in [6, 6.07) is 10.0. The third-order valence-corrected chi connectivity index (χ3v) is 2.93. The van der Waals surface area contributed by atoms with Gasteiger partial charge in [-0.15, -0.1) is 0 Å². The largest absolute Gasteiger partial charge is 0.478 e. The SMILES string of the molecule is CNC(=S)N/N=C/c1ccc(-c2ccccc2C(=O)O)o1. The molecule has 21 heavy (non-hydrogen) atoms. The summed E-state index contributed by atoms with van der Waals surface area (Å²) in [6.45, 7) is 0. The highest BCUT2D eigenvalue weighted by atomic mass is 32.1. The molecule has 0 radical (unpaired) electrons. The summed E-state index contributed by atoms with van der Waals surface area (Å²) in [5.74, 6) is -0.0551. The first kappa shape index (κ1) is 14.7. The number of carboxylic acids is 1. The number of nitrogens with zero attached hydrogens (tertiary/aromatic N) is 1. The van der Waals surface area contributed by atoms with Gasteiger partial charge in [0.1, 0.15) is 11.5 Å². The molecule has 0 aliphatic carbocycles. The molecule has 1 heterocycles. The van der Waals surface area contributed by atoms with E-state index in [1.54, 1.807) is 37.4 Å². The number of thiocarbonyl (C=S) groups is 1. The molecule has 1 aromatic carbocycles. The quantitative estimate of drug-likeness (QED) is 0.455. The Morgan fingerprint density at radius 1 is 1.33 bits per heavy atom. The number of rotatable bonds is 4. The van der Waals surface area contributed by atoms with Crippen LogP contribution in [0.15, 0.2) is 45.9 Å². The van der Waals surface area contributed by atoms with Crippen LogP contribution in [0.25, 0.3) is 11.3 Å². The predicted molar refractivity (Wildman–Crippen MR) is 83.5 cm³/mol. The second-order valence-electron chi connectivity index (χ2n) is 4.00. The van der Waals surface area contributed by atoms with E-state index in [0.29, 0.717) is 22.2 Å². The third-order valence-electron chi connectivity index (χ3n) is 2.63. The Hall–Kier alpha value is -2.67. The summed E-state index contributed by atoms with van der Waals surface area (Å²) < 4.78 is 5.56. The van der Waals surface area contributed by atoms with Crippen molar-refractivity contribution in [3.8, 4) is 11.3 Å². The lowest BCUT2D eigenvalue weighted by Crippen LogP contribution is -2.28. The van der Waals surface area contributed by atoms with E-state index in [9.17, 15) is 4.79 Å². The number of hydrogen-bond acceptors (Lipinski definition) is 4. The number of hydrazone groups is 1. The smallest absolute Gasteiger partial charge is 0.336 e. The maximum absolute atomic E-state index is 11.2. The summed E-state index contributed by atoms with van der Waals surface area (Å²) in [6.07, 6.45) is 1.45. The second kappa shape index (κ2) is 6.67. The fraction of sp³-hybridized carbons (Fsp3) is 0.0714. The normalized spacial score (nSPS) is 10.5. The van der Waals surface area contributed by atoms with Crippen molar-refractivity contribution in [1.82, 2.24) is 10.7 Å². The van der Waals surface area contributed by atoms with Crippen molar-refractivity contribution in [2.24, 2.45) is 5.10 Å². The average molecular weight is 303 g/mol. The van der Waals surface area contributed by atoms with Gasteiger partial charge in [-0.25, -0.2) is 4.79 Å². The number of carboxylic acid groups (broad SMARTS) is 1. The van der Waals surface area contributed by atoms with Gasteiger partial charge in [0.05, 0.1) is 11.8 Å². The highest BCUT2D eigenvalue weighted by Gasteiger charge is 2.13. The Kier molecular flexibility index (Phi) is 4.68. The van der Waals surface area contributed by atoms with Gasteiger partial charge < -0.3 is 14.8 Å². The van der Waals surface area contributed by atoms with Gasteiger partial charge >= 0.3 is 5.97 Å². The third kappa shape index (κ3) is 3.67. The van der Waals surface area contributed by atoms with Crippen LogP contribution in [0.4, 0.5) is 0 Å². The van der Waals surface area contributed by atoms with Gasteiger partial charge in [0.25, 0.3) is 0 Å². The summed E-state index contributed by atoms with van der Waals surface area (Å²) in [7, 11) is 1.68. The molecule has 0 saturated heterocycles. The van der Waals surface area contributed by atoms with E-state index in [-0.39, 0.29) is 5.56 Å². The first-order chi connectivity index (χ1) is 10.1. The molecule has 0 aliphatic heterocycles. The Balaban J connectivity index is 2.21. The fourth-order valence-corrected chi connectivity index (χ4v) is 1.71. The number of aromatic carboxylic acids is 1.